The fourth-order valence-corrected chi connectivity index (χ4v) is 2.80. The van der Waals surface area contributed by atoms with E-state index in [1.165, 1.54) is 30.3 Å². The number of non-ortho nitro benzene ring substituents is 1. The Bertz CT molecular complexity index is 958. The number of fused-ring (bicyclic) bond motifs is 1. The molecule has 3 amide bonds. The highest BCUT2D eigenvalue weighted by atomic mass is 19.1. The molecule has 1 unspecified atom stereocenters. The van der Waals surface area contributed by atoms with Gasteiger partial charge >= 0.3 is 0 Å². The van der Waals surface area contributed by atoms with Crippen molar-refractivity contribution in [2.75, 3.05) is 6.54 Å². The monoisotopic (exact) mass is 371 g/mol. The Morgan fingerprint density at radius 3 is 2.41 bits per heavy atom. The second kappa shape index (κ2) is 6.94. The molecule has 0 aliphatic carbocycles. The van der Waals surface area contributed by atoms with Crippen molar-refractivity contribution in [2.45, 2.75) is 13.0 Å². The van der Waals surface area contributed by atoms with E-state index in [1.807, 2.05) is 0 Å². The number of carbonyl (C=O) groups is 3. The molecule has 0 saturated carbocycles. The van der Waals surface area contributed by atoms with Gasteiger partial charge in [-0.2, -0.15) is 0 Å². The molecule has 3 rings (SSSR count). The number of rotatable bonds is 5. The van der Waals surface area contributed by atoms with E-state index >= 15 is 0 Å². The van der Waals surface area contributed by atoms with Crippen LogP contribution in [-0.4, -0.2) is 34.1 Å². The second-order valence-electron chi connectivity index (χ2n) is 6.02. The Labute approximate surface area is 152 Å². The van der Waals surface area contributed by atoms with E-state index in [-0.39, 0.29) is 16.8 Å². The first-order valence-corrected chi connectivity index (χ1v) is 7.97. The SMILES string of the molecule is CC(NC(=O)CN1C(=O)c2ccc([N+](=O)[O-])cc2C1=O)c1ccc(F)cc1. The standard InChI is InChI=1S/C18H14FN3O5/c1-10(11-2-4-12(19)5-3-11)20-16(23)9-21-17(24)14-7-6-13(22(26)27)8-15(14)18(21)25/h2-8,10H,9H2,1H3,(H,20,23). The topological polar surface area (TPSA) is 110 Å². The van der Waals surface area contributed by atoms with Crippen LogP contribution >= 0.6 is 0 Å². The van der Waals surface area contributed by atoms with Crippen molar-refractivity contribution < 1.29 is 23.7 Å². The predicted octanol–water partition coefficient (Wildman–Crippen LogP) is 2.21. The molecule has 1 N–H and O–H groups in total. The van der Waals surface area contributed by atoms with Crippen molar-refractivity contribution in [2.24, 2.45) is 0 Å². The molecular weight excluding hydrogens is 357 g/mol. The smallest absolute Gasteiger partial charge is 0.270 e. The molecule has 1 aliphatic heterocycles. The van der Waals surface area contributed by atoms with Gasteiger partial charge in [-0.15, -0.1) is 0 Å². The molecule has 2 aromatic rings. The summed E-state index contributed by atoms with van der Waals surface area (Å²) in [7, 11) is 0. The highest BCUT2D eigenvalue weighted by Gasteiger charge is 2.37. The zero-order chi connectivity index (χ0) is 19.7. The molecule has 1 aliphatic rings. The molecule has 1 atom stereocenters. The van der Waals surface area contributed by atoms with Crippen molar-refractivity contribution >= 4 is 23.4 Å². The lowest BCUT2D eigenvalue weighted by molar-refractivity contribution is -0.384. The van der Waals surface area contributed by atoms with Gasteiger partial charge in [0, 0.05) is 12.1 Å². The molecule has 1 heterocycles. The highest BCUT2D eigenvalue weighted by molar-refractivity contribution is 6.22. The number of halogens is 1. The summed E-state index contributed by atoms with van der Waals surface area (Å²) in [6.07, 6.45) is 0. The van der Waals surface area contributed by atoms with Crippen LogP contribution in [0.15, 0.2) is 42.5 Å². The van der Waals surface area contributed by atoms with Crippen molar-refractivity contribution in [1.82, 2.24) is 10.2 Å². The van der Waals surface area contributed by atoms with E-state index in [1.54, 1.807) is 6.92 Å². The van der Waals surface area contributed by atoms with Crippen molar-refractivity contribution in [3.63, 3.8) is 0 Å². The average Bonchev–Trinajstić information content (AvgIpc) is 2.86. The third kappa shape index (κ3) is 3.52. The Kier molecular flexibility index (Phi) is 4.68. The van der Waals surface area contributed by atoms with Crippen LogP contribution in [0.1, 0.15) is 39.2 Å². The van der Waals surface area contributed by atoms with Crippen LogP contribution in [0.5, 0.6) is 0 Å². The largest absolute Gasteiger partial charge is 0.348 e. The number of imide groups is 1. The Morgan fingerprint density at radius 1 is 1.15 bits per heavy atom. The summed E-state index contributed by atoms with van der Waals surface area (Å²) in [5, 5.41) is 13.5. The fraction of sp³-hybridized carbons (Fsp3) is 0.167. The zero-order valence-electron chi connectivity index (χ0n) is 14.1. The summed E-state index contributed by atoms with van der Waals surface area (Å²) in [5.41, 5.74) is 0.257. The van der Waals surface area contributed by atoms with Crippen LogP contribution in [0.2, 0.25) is 0 Å². The molecule has 0 fully saturated rings. The number of nitro benzene ring substituents is 1. The van der Waals surface area contributed by atoms with E-state index in [4.69, 9.17) is 0 Å². The van der Waals surface area contributed by atoms with Crippen LogP contribution in [-0.2, 0) is 4.79 Å². The Morgan fingerprint density at radius 2 is 1.78 bits per heavy atom. The van der Waals surface area contributed by atoms with Gasteiger partial charge in [0.2, 0.25) is 5.91 Å². The number of nitrogens with one attached hydrogen (secondary N) is 1. The van der Waals surface area contributed by atoms with Crippen molar-refractivity contribution in [3.8, 4) is 0 Å². The summed E-state index contributed by atoms with van der Waals surface area (Å²) < 4.78 is 13.0. The Balaban J connectivity index is 1.71. The maximum absolute atomic E-state index is 13.0. The molecule has 0 aromatic heterocycles. The molecule has 0 saturated heterocycles. The molecule has 8 nitrogen and oxygen atoms in total. The lowest BCUT2D eigenvalue weighted by Gasteiger charge is -2.17. The highest BCUT2D eigenvalue weighted by Crippen LogP contribution is 2.26. The summed E-state index contributed by atoms with van der Waals surface area (Å²) in [6, 6.07) is 8.44. The molecule has 0 radical (unpaired) electrons. The molecule has 0 bridgehead atoms. The van der Waals surface area contributed by atoms with Gasteiger partial charge in [-0.1, -0.05) is 12.1 Å². The first kappa shape index (κ1) is 18.2. The summed E-state index contributed by atoms with van der Waals surface area (Å²) in [6.45, 7) is 1.16. The van der Waals surface area contributed by atoms with E-state index < -0.39 is 41.0 Å². The number of hydrogen-bond donors (Lipinski definition) is 1. The third-order valence-corrected chi connectivity index (χ3v) is 4.21. The van der Waals surface area contributed by atoms with Crippen LogP contribution in [0.25, 0.3) is 0 Å². The van der Waals surface area contributed by atoms with Gasteiger partial charge in [0.25, 0.3) is 17.5 Å². The summed E-state index contributed by atoms with van der Waals surface area (Å²) in [4.78, 5) is 47.8. The minimum atomic E-state index is -0.761. The van der Waals surface area contributed by atoms with E-state index in [2.05, 4.69) is 5.32 Å². The number of nitro groups is 1. The Hall–Kier alpha value is -3.62. The van der Waals surface area contributed by atoms with Crippen molar-refractivity contribution in [1.29, 1.82) is 0 Å². The van der Waals surface area contributed by atoms with Gasteiger partial charge in [0.05, 0.1) is 22.1 Å². The lowest BCUT2D eigenvalue weighted by Crippen LogP contribution is -2.41. The number of carbonyl (C=O) groups excluding carboxylic acids is 3. The number of hydrogen-bond acceptors (Lipinski definition) is 5. The number of benzene rings is 2. The maximum atomic E-state index is 13.0. The molecular formula is C18H14FN3O5. The van der Waals surface area contributed by atoms with Gasteiger partial charge in [-0.25, -0.2) is 4.39 Å². The minimum absolute atomic E-state index is 0.0185. The zero-order valence-corrected chi connectivity index (χ0v) is 14.1. The van der Waals surface area contributed by atoms with E-state index in [0.29, 0.717) is 5.56 Å². The van der Waals surface area contributed by atoms with Crippen LogP contribution < -0.4 is 5.32 Å². The van der Waals surface area contributed by atoms with Crippen LogP contribution in [0.4, 0.5) is 10.1 Å². The minimum Gasteiger partial charge on any atom is -0.348 e. The van der Waals surface area contributed by atoms with Gasteiger partial charge in [-0.3, -0.25) is 29.4 Å². The number of amides is 3. The van der Waals surface area contributed by atoms with E-state index in [9.17, 15) is 28.9 Å². The first-order chi connectivity index (χ1) is 12.8. The lowest BCUT2D eigenvalue weighted by atomic mass is 10.1. The van der Waals surface area contributed by atoms with E-state index in [0.717, 1.165) is 17.0 Å². The number of nitrogens with zero attached hydrogens (tertiary/aromatic N) is 2. The first-order valence-electron chi connectivity index (χ1n) is 7.97. The summed E-state index contributed by atoms with van der Waals surface area (Å²) >= 11 is 0. The third-order valence-electron chi connectivity index (χ3n) is 4.21. The molecule has 2 aromatic carbocycles. The molecule has 138 valence electrons. The van der Waals surface area contributed by atoms with Crippen LogP contribution in [0.3, 0.4) is 0 Å². The van der Waals surface area contributed by atoms with Gasteiger partial charge in [0.1, 0.15) is 12.4 Å². The van der Waals surface area contributed by atoms with Gasteiger partial charge in [0.15, 0.2) is 0 Å². The quantitative estimate of drug-likeness (QED) is 0.492. The average molecular weight is 371 g/mol. The second-order valence-corrected chi connectivity index (χ2v) is 6.02. The fourth-order valence-electron chi connectivity index (χ4n) is 2.80. The molecule has 27 heavy (non-hydrogen) atoms. The van der Waals surface area contributed by atoms with Gasteiger partial charge < -0.3 is 5.32 Å². The maximum Gasteiger partial charge on any atom is 0.270 e. The summed E-state index contributed by atoms with van der Waals surface area (Å²) in [5.74, 6) is -2.44. The molecule has 0 spiro atoms. The predicted molar refractivity (Wildman–Crippen MR) is 91.4 cm³/mol. The van der Waals surface area contributed by atoms with Crippen molar-refractivity contribution in [3.05, 3.63) is 75.1 Å². The van der Waals surface area contributed by atoms with Gasteiger partial charge in [-0.05, 0) is 30.7 Å². The van der Waals surface area contributed by atoms with Crippen LogP contribution in [0, 0.1) is 15.9 Å². The molecule has 9 heteroatoms. The normalized spacial score (nSPS) is 14.1.